The maximum absolute atomic E-state index is 9.04. The lowest BCUT2D eigenvalue weighted by atomic mass is 10.2. The van der Waals surface area contributed by atoms with Gasteiger partial charge >= 0.3 is 0 Å². The summed E-state index contributed by atoms with van der Waals surface area (Å²) in [5, 5.41) is 16.5. The van der Waals surface area contributed by atoms with Crippen molar-refractivity contribution in [1.82, 2.24) is 19.7 Å². The zero-order chi connectivity index (χ0) is 12.3. The molecule has 0 radical (unpaired) electrons. The number of nitrogens with one attached hydrogen (secondary N) is 2. The Labute approximate surface area is 99.3 Å². The van der Waals surface area contributed by atoms with Crippen LogP contribution in [0.15, 0.2) is 12.5 Å². The van der Waals surface area contributed by atoms with Crippen LogP contribution in [0.5, 0.6) is 0 Å². The number of nitrogens with zero attached hydrogens (tertiary/aromatic N) is 4. The van der Waals surface area contributed by atoms with Crippen molar-refractivity contribution in [1.29, 1.82) is 5.26 Å². The SMILES string of the molecule is Cc1nn(C)c(NCCc2cnc[nH]2)c1C#N. The van der Waals surface area contributed by atoms with Crippen LogP contribution < -0.4 is 5.32 Å². The van der Waals surface area contributed by atoms with Crippen LogP contribution in [0.4, 0.5) is 5.82 Å². The van der Waals surface area contributed by atoms with E-state index in [2.05, 4.69) is 26.5 Å². The van der Waals surface area contributed by atoms with Gasteiger partial charge in [-0.1, -0.05) is 0 Å². The average Bonchev–Trinajstić information content (AvgIpc) is 2.88. The second kappa shape index (κ2) is 4.70. The molecule has 0 aliphatic carbocycles. The molecular weight excluding hydrogens is 216 g/mol. The highest BCUT2D eigenvalue weighted by Crippen LogP contribution is 2.16. The Morgan fingerprint density at radius 3 is 3.06 bits per heavy atom. The number of hydrogen-bond donors (Lipinski definition) is 2. The molecule has 2 heterocycles. The van der Waals surface area contributed by atoms with E-state index in [9.17, 15) is 0 Å². The maximum Gasteiger partial charge on any atom is 0.142 e. The van der Waals surface area contributed by atoms with Gasteiger partial charge in [0.1, 0.15) is 17.5 Å². The lowest BCUT2D eigenvalue weighted by molar-refractivity contribution is 0.756. The van der Waals surface area contributed by atoms with E-state index in [0.29, 0.717) is 5.56 Å². The third-order valence-corrected chi connectivity index (χ3v) is 2.58. The topological polar surface area (TPSA) is 82.3 Å². The van der Waals surface area contributed by atoms with Crippen LogP contribution in [-0.2, 0) is 13.5 Å². The molecule has 6 heteroatoms. The first-order chi connectivity index (χ1) is 8.22. The first-order valence-corrected chi connectivity index (χ1v) is 5.37. The summed E-state index contributed by atoms with van der Waals surface area (Å²) in [6, 6.07) is 2.16. The Hall–Kier alpha value is -2.29. The van der Waals surface area contributed by atoms with Crippen LogP contribution in [0, 0.1) is 18.3 Å². The molecule has 0 saturated carbocycles. The summed E-state index contributed by atoms with van der Waals surface area (Å²) in [6.45, 7) is 2.56. The van der Waals surface area contributed by atoms with E-state index in [-0.39, 0.29) is 0 Å². The third kappa shape index (κ3) is 2.28. The summed E-state index contributed by atoms with van der Waals surface area (Å²) < 4.78 is 1.70. The van der Waals surface area contributed by atoms with Crippen molar-refractivity contribution in [3.8, 4) is 6.07 Å². The van der Waals surface area contributed by atoms with E-state index in [0.717, 1.165) is 30.2 Å². The number of nitriles is 1. The van der Waals surface area contributed by atoms with E-state index in [1.807, 2.05) is 14.0 Å². The van der Waals surface area contributed by atoms with Gasteiger partial charge in [0.15, 0.2) is 0 Å². The van der Waals surface area contributed by atoms with Crippen molar-refractivity contribution >= 4 is 5.82 Å². The Bertz CT molecular complexity index is 531. The zero-order valence-corrected chi connectivity index (χ0v) is 9.86. The molecule has 0 aliphatic heterocycles. The van der Waals surface area contributed by atoms with Gasteiger partial charge < -0.3 is 10.3 Å². The van der Waals surface area contributed by atoms with Crippen molar-refractivity contribution in [2.24, 2.45) is 7.05 Å². The van der Waals surface area contributed by atoms with Gasteiger partial charge in [-0.25, -0.2) is 4.98 Å². The fraction of sp³-hybridized carbons (Fsp3) is 0.364. The summed E-state index contributed by atoms with van der Waals surface area (Å²) in [5.41, 5.74) is 2.42. The first kappa shape index (κ1) is 11.2. The molecule has 0 bridgehead atoms. The van der Waals surface area contributed by atoms with Crippen LogP contribution >= 0.6 is 0 Å². The van der Waals surface area contributed by atoms with E-state index >= 15 is 0 Å². The highest BCUT2D eigenvalue weighted by atomic mass is 15.3. The second-order valence-corrected chi connectivity index (χ2v) is 3.80. The summed E-state index contributed by atoms with van der Waals surface area (Å²) >= 11 is 0. The van der Waals surface area contributed by atoms with Crippen molar-refractivity contribution in [2.45, 2.75) is 13.3 Å². The van der Waals surface area contributed by atoms with Gasteiger partial charge in [0, 0.05) is 31.9 Å². The van der Waals surface area contributed by atoms with E-state index < -0.39 is 0 Å². The van der Waals surface area contributed by atoms with Gasteiger partial charge in [0.25, 0.3) is 0 Å². The van der Waals surface area contributed by atoms with Crippen LogP contribution in [0.25, 0.3) is 0 Å². The van der Waals surface area contributed by atoms with Gasteiger partial charge in [-0.2, -0.15) is 10.4 Å². The number of aromatic amines is 1. The van der Waals surface area contributed by atoms with Crippen molar-refractivity contribution in [2.75, 3.05) is 11.9 Å². The molecule has 0 saturated heterocycles. The first-order valence-electron chi connectivity index (χ1n) is 5.37. The summed E-state index contributed by atoms with van der Waals surface area (Å²) in [4.78, 5) is 6.98. The zero-order valence-electron chi connectivity index (χ0n) is 9.86. The van der Waals surface area contributed by atoms with Gasteiger partial charge in [0.05, 0.1) is 12.0 Å². The minimum atomic E-state index is 0.608. The molecular formula is C11H14N6. The molecule has 0 atom stereocenters. The molecule has 2 rings (SSSR count). The lowest BCUT2D eigenvalue weighted by Crippen LogP contribution is -2.09. The fourth-order valence-electron chi connectivity index (χ4n) is 1.73. The predicted octanol–water partition coefficient (Wildman–Crippen LogP) is 0.978. The molecule has 2 N–H and O–H groups in total. The number of imidazole rings is 1. The highest BCUT2D eigenvalue weighted by molar-refractivity contribution is 5.54. The number of hydrogen-bond acceptors (Lipinski definition) is 4. The average molecular weight is 230 g/mol. The van der Waals surface area contributed by atoms with E-state index in [1.54, 1.807) is 17.2 Å². The Kier molecular flexibility index (Phi) is 3.10. The molecule has 0 unspecified atom stereocenters. The minimum Gasteiger partial charge on any atom is -0.369 e. The second-order valence-electron chi connectivity index (χ2n) is 3.80. The van der Waals surface area contributed by atoms with E-state index in [1.165, 1.54) is 0 Å². The molecule has 0 fully saturated rings. The molecule has 0 aromatic carbocycles. The van der Waals surface area contributed by atoms with Crippen LogP contribution in [0.1, 0.15) is 17.0 Å². The molecule has 17 heavy (non-hydrogen) atoms. The largest absolute Gasteiger partial charge is 0.369 e. The van der Waals surface area contributed by atoms with Gasteiger partial charge in [0.2, 0.25) is 0 Å². The number of aryl methyl sites for hydroxylation is 2. The van der Waals surface area contributed by atoms with Crippen molar-refractivity contribution in [3.63, 3.8) is 0 Å². The third-order valence-electron chi connectivity index (χ3n) is 2.58. The van der Waals surface area contributed by atoms with Crippen molar-refractivity contribution < 1.29 is 0 Å². The fourth-order valence-corrected chi connectivity index (χ4v) is 1.73. The predicted molar refractivity (Wildman–Crippen MR) is 63.4 cm³/mol. The van der Waals surface area contributed by atoms with Crippen molar-refractivity contribution in [3.05, 3.63) is 29.5 Å². The minimum absolute atomic E-state index is 0.608. The molecule has 0 amide bonds. The maximum atomic E-state index is 9.04. The number of rotatable bonds is 4. The highest BCUT2D eigenvalue weighted by Gasteiger charge is 2.11. The molecule has 88 valence electrons. The molecule has 0 aliphatic rings. The number of aromatic nitrogens is 4. The quantitative estimate of drug-likeness (QED) is 0.820. The molecule has 6 nitrogen and oxygen atoms in total. The van der Waals surface area contributed by atoms with E-state index in [4.69, 9.17) is 5.26 Å². The normalized spacial score (nSPS) is 10.2. The molecule has 2 aromatic heterocycles. The smallest absolute Gasteiger partial charge is 0.142 e. The summed E-state index contributed by atoms with van der Waals surface area (Å²) in [6.07, 6.45) is 4.28. The van der Waals surface area contributed by atoms with Gasteiger partial charge in [-0.3, -0.25) is 4.68 Å². The van der Waals surface area contributed by atoms with Gasteiger partial charge in [-0.15, -0.1) is 0 Å². The van der Waals surface area contributed by atoms with Crippen LogP contribution in [0.3, 0.4) is 0 Å². The number of anilines is 1. The standard InChI is InChI=1S/C11H14N6/c1-8-10(5-12)11(17(2)16-8)14-4-3-9-6-13-7-15-9/h6-7,14H,3-4H2,1-2H3,(H,13,15). The Balaban J connectivity index is 2.02. The summed E-state index contributed by atoms with van der Waals surface area (Å²) in [7, 11) is 1.83. The van der Waals surface area contributed by atoms with Crippen LogP contribution in [0.2, 0.25) is 0 Å². The molecule has 2 aromatic rings. The monoisotopic (exact) mass is 230 g/mol. The van der Waals surface area contributed by atoms with Gasteiger partial charge in [-0.05, 0) is 6.92 Å². The Morgan fingerprint density at radius 1 is 1.59 bits per heavy atom. The summed E-state index contributed by atoms with van der Waals surface area (Å²) in [5.74, 6) is 0.768. The number of H-pyrrole nitrogens is 1. The van der Waals surface area contributed by atoms with Crippen LogP contribution in [-0.4, -0.2) is 26.3 Å². The Morgan fingerprint density at radius 2 is 2.41 bits per heavy atom. The lowest BCUT2D eigenvalue weighted by Gasteiger charge is -2.05. The molecule has 0 spiro atoms.